The zero-order valence-electron chi connectivity index (χ0n) is 14.0. The highest BCUT2D eigenvalue weighted by Gasteiger charge is 2.31. The number of nitrogens with zero attached hydrogens (tertiary/aromatic N) is 1. The second-order valence-corrected chi connectivity index (χ2v) is 5.97. The van der Waals surface area contributed by atoms with Crippen molar-refractivity contribution in [2.24, 2.45) is 0 Å². The molecule has 1 aliphatic heterocycles. The Morgan fingerprint density at radius 3 is 2.42 bits per heavy atom. The van der Waals surface area contributed by atoms with Crippen LogP contribution in [0.4, 0.5) is 13.2 Å². The van der Waals surface area contributed by atoms with Crippen LogP contribution in [0.5, 0.6) is 0 Å². The highest BCUT2D eigenvalue weighted by atomic mass is 19.4. The summed E-state index contributed by atoms with van der Waals surface area (Å²) in [5.41, 5.74) is 0.0150. The van der Waals surface area contributed by atoms with Gasteiger partial charge in [-0.15, -0.1) is 0 Å². The summed E-state index contributed by atoms with van der Waals surface area (Å²) in [7, 11) is 0. The van der Waals surface area contributed by atoms with Gasteiger partial charge in [0, 0.05) is 19.6 Å². The summed E-state index contributed by atoms with van der Waals surface area (Å²) in [6.45, 7) is 2.63. The van der Waals surface area contributed by atoms with Crippen molar-refractivity contribution >= 4 is 5.91 Å². The lowest BCUT2D eigenvalue weighted by Gasteiger charge is -2.35. The minimum Gasteiger partial charge on any atom is -0.459 e. The number of halogens is 3. The first-order valence-electron chi connectivity index (χ1n) is 8.26. The molecule has 5 nitrogen and oxygen atoms in total. The smallest absolute Gasteiger partial charge is 0.416 e. The standard InChI is InChI=1S/C18H19F3N2O3/c19-18(20,21)14-5-3-13(4-6-14)15(23-7-10-25-11-8-23)12-22-17(24)16-2-1-9-26-16/h1-6,9,15H,7-8,10-12H2,(H,22,24). The number of furan rings is 1. The first kappa shape index (κ1) is 18.5. The molecule has 0 bridgehead atoms. The van der Waals surface area contributed by atoms with Crippen LogP contribution in [0, 0.1) is 0 Å². The Bertz CT molecular complexity index is 708. The van der Waals surface area contributed by atoms with Crippen molar-refractivity contribution in [1.29, 1.82) is 0 Å². The van der Waals surface area contributed by atoms with Crippen molar-refractivity contribution in [2.45, 2.75) is 12.2 Å². The molecule has 0 aliphatic carbocycles. The van der Waals surface area contributed by atoms with E-state index in [1.165, 1.54) is 18.4 Å². The van der Waals surface area contributed by atoms with Crippen molar-refractivity contribution in [1.82, 2.24) is 10.2 Å². The molecule has 1 amide bonds. The fourth-order valence-corrected chi connectivity index (χ4v) is 2.93. The van der Waals surface area contributed by atoms with Gasteiger partial charge in [-0.3, -0.25) is 9.69 Å². The molecule has 1 aromatic heterocycles. The van der Waals surface area contributed by atoms with Crippen LogP contribution in [0.1, 0.15) is 27.7 Å². The number of benzene rings is 1. The van der Waals surface area contributed by atoms with Crippen LogP contribution in [-0.4, -0.2) is 43.7 Å². The molecule has 1 saturated heterocycles. The monoisotopic (exact) mass is 368 g/mol. The van der Waals surface area contributed by atoms with E-state index in [9.17, 15) is 18.0 Å². The Morgan fingerprint density at radius 1 is 1.15 bits per heavy atom. The third-order valence-electron chi connectivity index (χ3n) is 4.31. The topological polar surface area (TPSA) is 54.7 Å². The molecule has 1 atom stereocenters. The molecule has 1 aromatic carbocycles. The van der Waals surface area contributed by atoms with E-state index in [4.69, 9.17) is 9.15 Å². The molecule has 2 aromatic rings. The Balaban J connectivity index is 1.75. The van der Waals surface area contributed by atoms with Crippen LogP contribution >= 0.6 is 0 Å². The summed E-state index contributed by atoms with van der Waals surface area (Å²) in [6, 6.07) is 7.97. The van der Waals surface area contributed by atoms with Crippen molar-refractivity contribution < 1.29 is 27.1 Å². The van der Waals surface area contributed by atoms with E-state index in [1.807, 2.05) is 0 Å². The van der Waals surface area contributed by atoms with Gasteiger partial charge in [-0.1, -0.05) is 12.1 Å². The fraction of sp³-hybridized carbons (Fsp3) is 0.389. The highest BCUT2D eigenvalue weighted by Crippen LogP contribution is 2.31. The summed E-state index contributed by atoms with van der Waals surface area (Å²) < 4.78 is 48.8. The van der Waals surface area contributed by atoms with Gasteiger partial charge in [0.05, 0.1) is 31.1 Å². The van der Waals surface area contributed by atoms with Crippen molar-refractivity contribution in [3.05, 3.63) is 59.5 Å². The van der Waals surface area contributed by atoms with Crippen LogP contribution in [0.15, 0.2) is 47.1 Å². The SMILES string of the molecule is O=C(NCC(c1ccc(C(F)(F)F)cc1)N1CCOCC1)c1ccco1. The summed E-state index contributed by atoms with van der Waals surface area (Å²) in [4.78, 5) is 14.2. The summed E-state index contributed by atoms with van der Waals surface area (Å²) in [6.07, 6.45) is -2.97. The predicted octanol–water partition coefficient (Wildman–Crippen LogP) is 3.10. The van der Waals surface area contributed by atoms with E-state index >= 15 is 0 Å². The first-order chi connectivity index (χ1) is 12.4. The quantitative estimate of drug-likeness (QED) is 0.881. The number of amides is 1. The van der Waals surface area contributed by atoms with Gasteiger partial charge in [-0.2, -0.15) is 13.2 Å². The highest BCUT2D eigenvalue weighted by molar-refractivity contribution is 5.91. The van der Waals surface area contributed by atoms with Gasteiger partial charge in [0.25, 0.3) is 5.91 Å². The summed E-state index contributed by atoms with van der Waals surface area (Å²) in [5.74, 6) is -0.168. The van der Waals surface area contributed by atoms with Gasteiger partial charge in [-0.05, 0) is 29.8 Å². The number of alkyl halides is 3. The molecule has 0 spiro atoms. The zero-order valence-corrected chi connectivity index (χ0v) is 14.0. The van der Waals surface area contributed by atoms with E-state index < -0.39 is 11.7 Å². The van der Waals surface area contributed by atoms with E-state index in [0.29, 0.717) is 31.9 Å². The van der Waals surface area contributed by atoms with Gasteiger partial charge >= 0.3 is 6.18 Å². The molecular weight excluding hydrogens is 349 g/mol. The van der Waals surface area contributed by atoms with Crippen molar-refractivity contribution in [3.8, 4) is 0 Å². The van der Waals surface area contributed by atoms with Crippen LogP contribution in [0.3, 0.4) is 0 Å². The maximum absolute atomic E-state index is 12.8. The van der Waals surface area contributed by atoms with E-state index in [1.54, 1.807) is 12.1 Å². The number of hydrogen-bond acceptors (Lipinski definition) is 4. The van der Waals surface area contributed by atoms with Crippen molar-refractivity contribution in [2.75, 3.05) is 32.8 Å². The number of nitrogens with one attached hydrogen (secondary N) is 1. The molecule has 3 rings (SSSR count). The maximum atomic E-state index is 12.8. The minimum absolute atomic E-state index is 0.193. The lowest BCUT2D eigenvalue weighted by Crippen LogP contribution is -2.43. The number of carbonyl (C=O) groups is 1. The fourth-order valence-electron chi connectivity index (χ4n) is 2.93. The maximum Gasteiger partial charge on any atom is 0.416 e. The van der Waals surface area contributed by atoms with Gasteiger partial charge < -0.3 is 14.5 Å². The summed E-state index contributed by atoms with van der Waals surface area (Å²) >= 11 is 0. The Hall–Kier alpha value is -2.32. The van der Waals surface area contributed by atoms with E-state index in [0.717, 1.165) is 12.1 Å². The molecule has 0 radical (unpaired) electrons. The van der Waals surface area contributed by atoms with Crippen LogP contribution in [0.25, 0.3) is 0 Å². The molecule has 1 fully saturated rings. The molecule has 1 N–H and O–H groups in total. The minimum atomic E-state index is -4.37. The average Bonchev–Trinajstić information content (AvgIpc) is 3.17. The molecule has 140 valence electrons. The Kier molecular flexibility index (Phi) is 5.63. The third kappa shape index (κ3) is 4.44. The molecule has 1 aliphatic rings. The summed E-state index contributed by atoms with van der Waals surface area (Å²) in [5, 5.41) is 2.79. The number of hydrogen-bond donors (Lipinski definition) is 1. The van der Waals surface area contributed by atoms with Gasteiger partial charge in [-0.25, -0.2) is 0 Å². The zero-order chi connectivity index (χ0) is 18.6. The molecular formula is C18H19F3N2O3. The predicted molar refractivity (Wildman–Crippen MR) is 87.6 cm³/mol. The number of rotatable bonds is 5. The van der Waals surface area contributed by atoms with Crippen LogP contribution < -0.4 is 5.32 Å². The molecule has 26 heavy (non-hydrogen) atoms. The average molecular weight is 368 g/mol. The largest absolute Gasteiger partial charge is 0.459 e. The lowest BCUT2D eigenvalue weighted by atomic mass is 10.0. The molecule has 8 heteroatoms. The second kappa shape index (κ2) is 7.92. The molecule has 2 heterocycles. The number of carbonyl (C=O) groups excluding carboxylic acids is 1. The Labute approximate surface area is 148 Å². The lowest BCUT2D eigenvalue weighted by molar-refractivity contribution is -0.137. The van der Waals surface area contributed by atoms with Gasteiger partial charge in [0.15, 0.2) is 5.76 Å². The van der Waals surface area contributed by atoms with Crippen LogP contribution in [0.2, 0.25) is 0 Å². The number of morpholine rings is 1. The molecule has 0 saturated carbocycles. The van der Waals surface area contributed by atoms with Gasteiger partial charge in [0.2, 0.25) is 0 Å². The first-order valence-corrected chi connectivity index (χ1v) is 8.26. The normalized spacial score (nSPS) is 17.0. The van der Waals surface area contributed by atoms with E-state index in [2.05, 4.69) is 10.2 Å². The molecule has 1 unspecified atom stereocenters. The van der Waals surface area contributed by atoms with Crippen LogP contribution in [-0.2, 0) is 10.9 Å². The van der Waals surface area contributed by atoms with Gasteiger partial charge in [0.1, 0.15) is 0 Å². The second-order valence-electron chi connectivity index (χ2n) is 5.97. The third-order valence-corrected chi connectivity index (χ3v) is 4.31. The van der Waals surface area contributed by atoms with E-state index in [-0.39, 0.29) is 24.3 Å². The Morgan fingerprint density at radius 2 is 1.85 bits per heavy atom. The van der Waals surface area contributed by atoms with Crippen molar-refractivity contribution in [3.63, 3.8) is 0 Å². The number of ether oxygens (including phenoxy) is 1.